The third kappa shape index (κ3) is 3.67. The van der Waals surface area contributed by atoms with Gasteiger partial charge in [-0.25, -0.2) is 18.1 Å². The summed E-state index contributed by atoms with van der Waals surface area (Å²) in [5.74, 6) is 0.320. The van der Waals surface area contributed by atoms with Crippen molar-refractivity contribution in [2.75, 3.05) is 20.1 Å². The zero-order chi connectivity index (χ0) is 19.7. The lowest BCUT2D eigenvalue weighted by atomic mass is 9.97. The number of sulfonamides is 1. The molecule has 0 bridgehead atoms. The number of carbonyl (C=O) groups is 1. The van der Waals surface area contributed by atoms with E-state index < -0.39 is 10.0 Å². The molecule has 0 unspecified atom stereocenters. The second-order valence-corrected chi connectivity index (χ2v) is 9.77. The molecule has 0 spiro atoms. The average Bonchev–Trinajstić information content (AvgIpc) is 3.18. The molecule has 2 aromatic carbocycles. The number of rotatable bonds is 4. The van der Waals surface area contributed by atoms with Crippen LogP contribution in [-0.4, -0.2) is 44.3 Å². The van der Waals surface area contributed by atoms with Crippen LogP contribution in [0.4, 0.5) is 0 Å². The fourth-order valence-corrected chi connectivity index (χ4v) is 5.34. The zero-order valence-electron chi connectivity index (χ0n) is 15.5. The summed E-state index contributed by atoms with van der Waals surface area (Å²) in [4.78, 5) is 19.5. The van der Waals surface area contributed by atoms with Crippen molar-refractivity contribution in [3.63, 3.8) is 0 Å². The predicted molar refractivity (Wildman–Crippen MR) is 110 cm³/mol. The molecule has 1 amide bonds. The van der Waals surface area contributed by atoms with Gasteiger partial charge >= 0.3 is 0 Å². The highest BCUT2D eigenvalue weighted by molar-refractivity contribution is 7.89. The van der Waals surface area contributed by atoms with Crippen molar-refractivity contribution in [2.45, 2.75) is 23.7 Å². The van der Waals surface area contributed by atoms with Gasteiger partial charge in [0.25, 0.3) is 5.91 Å². The minimum absolute atomic E-state index is 0.0591. The van der Waals surface area contributed by atoms with Gasteiger partial charge in [-0.2, -0.15) is 0 Å². The minimum atomic E-state index is -3.50. The first-order chi connectivity index (χ1) is 13.5. The molecule has 1 aromatic heterocycles. The Bertz CT molecular complexity index is 1070. The van der Waals surface area contributed by atoms with Gasteiger partial charge in [0.2, 0.25) is 10.0 Å². The van der Waals surface area contributed by atoms with Crippen LogP contribution in [-0.2, 0) is 10.0 Å². The van der Waals surface area contributed by atoms with E-state index in [0.29, 0.717) is 24.6 Å². The number of fused-ring (bicyclic) bond motifs is 1. The maximum Gasteiger partial charge on any atom is 0.253 e. The molecule has 1 aliphatic rings. The van der Waals surface area contributed by atoms with E-state index in [1.165, 1.54) is 23.9 Å². The van der Waals surface area contributed by atoms with Gasteiger partial charge < -0.3 is 4.90 Å². The standard InChI is InChI=1S/C20H21N3O3S2/c1-21-28(25,26)16-8-6-15(7-9-16)20(24)23-12-10-14(11-13-23)19-22-17-4-2-3-5-18(17)27-19/h2-9,14,21H,10-13H2,1H3. The average molecular weight is 416 g/mol. The van der Waals surface area contributed by atoms with Gasteiger partial charge in [0.05, 0.1) is 20.1 Å². The van der Waals surface area contributed by atoms with Crippen LogP contribution in [0.2, 0.25) is 0 Å². The number of aromatic nitrogens is 1. The summed E-state index contributed by atoms with van der Waals surface area (Å²) in [5.41, 5.74) is 1.55. The monoisotopic (exact) mass is 415 g/mol. The molecule has 8 heteroatoms. The zero-order valence-corrected chi connectivity index (χ0v) is 17.1. The summed E-state index contributed by atoms with van der Waals surface area (Å²) in [7, 11) is -2.13. The highest BCUT2D eigenvalue weighted by Crippen LogP contribution is 2.34. The number of para-hydroxylation sites is 1. The van der Waals surface area contributed by atoms with E-state index in [1.807, 2.05) is 23.1 Å². The largest absolute Gasteiger partial charge is 0.339 e. The van der Waals surface area contributed by atoms with Crippen LogP contribution in [0.15, 0.2) is 53.4 Å². The summed E-state index contributed by atoms with van der Waals surface area (Å²) in [6, 6.07) is 14.2. The number of piperidine rings is 1. The van der Waals surface area contributed by atoms with Crippen LogP contribution in [0.25, 0.3) is 10.2 Å². The van der Waals surface area contributed by atoms with Crippen molar-refractivity contribution >= 4 is 37.5 Å². The molecule has 1 N–H and O–H groups in total. The van der Waals surface area contributed by atoms with Crippen molar-refractivity contribution in [1.29, 1.82) is 0 Å². The summed E-state index contributed by atoms with van der Waals surface area (Å²) >= 11 is 1.74. The Morgan fingerprint density at radius 3 is 2.43 bits per heavy atom. The van der Waals surface area contributed by atoms with E-state index in [2.05, 4.69) is 10.8 Å². The van der Waals surface area contributed by atoms with Crippen LogP contribution < -0.4 is 4.72 Å². The van der Waals surface area contributed by atoms with Crippen molar-refractivity contribution in [2.24, 2.45) is 0 Å². The molecule has 2 heterocycles. The summed E-state index contributed by atoms with van der Waals surface area (Å²) in [6.45, 7) is 1.35. The lowest BCUT2D eigenvalue weighted by Gasteiger charge is -2.31. The number of thiazole rings is 1. The third-order valence-corrected chi connectivity index (χ3v) is 7.75. The summed E-state index contributed by atoms with van der Waals surface area (Å²) in [6.07, 6.45) is 1.77. The highest BCUT2D eigenvalue weighted by atomic mass is 32.2. The first kappa shape index (κ1) is 19.0. The van der Waals surface area contributed by atoms with Crippen LogP contribution >= 0.6 is 11.3 Å². The van der Waals surface area contributed by atoms with Gasteiger partial charge in [-0.3, -0.25) is 4.79 Å². The molecule has 1 aliphatic heterocycles. The van der Waals surface area contributed by atoms with Crippen LogP contribution in [0, 0.1) is 0 Å². The van der Waals surface area contributed by atoms with Gasteiger partial charge in [0.1, 0.15) is 0 Å². The summed E-state index contributed by atoms with van der Waals surface area (Å²) in [5, 5.41) is 1.15. The molecule has 0 atom stereocenters. The molecule has 6 nitrogen and oxygen atoms in total. The van der Waals surface area contributed by atoms with Gasteiger partial charge in [-0.15, -0.1) is 11.3 Å². The SMILES string of the molecule is CNS(=O)(=O)c1ccc(C(=O)N2CCC(c3nc4ccccc4s3)CC2)cc1. The maximum absolute atomic E-state index is 12.8. The fraction of sp³-hybridized carbons (Fsp3) is 0.300. The van der Waals surface area contributed by atoms with Gasteiger partial charge in [-0.05, 0) is 56.3 Å². The lowest BCUT2D eigenvalue weighted by Crippen LogP contribution is -2.37. The number of nitrogens with zero attached hydrogens (tertiary/aromatic N) is 2. The van der Waals surface area contributed by atoms with Crippen LogP contribution in [0.1, 0.15) is 34.1 Å². The Morgan fingerprint density at radius 1 is 1.11 bits per heavy atom. The molecular weight excluding hydrogens is 394 g/mol. The molecule has 0 radical (unpaired) electrons. The van der Waals surface area contributed by atoms with E-state index in [4.69, 9.17) is 4.98 Å². The van der Waals surface area contributed by atoms with E-state index in [1.54, 1.807) is 23.5 Å². The molecule has 0 saturated carbocycles. The lowest BCUT2D eigenvalue weighted by molar-refractivity contribution is 0.0713. The third-order valence-electron chi connectivity index (χ3n) is 5.12. The molecule has 3 aromatic rings. The smallest absolute Gasteiger partial charge is 0.253 e. The first-order valence-electron chi connectivity index (χ1n) is 9.16. The quantitative estimate of drug-likeness (QED) is 0.710. The number of carbonyl (C=O) groups excluding carboxylic acids is 1. The van der Waals surface area contributed by atoms with Gasteiger partial charge in [-0.1, -0.05) is 12.1 Å². The number of amides is 1. The molecule has 4 rings (SSSR count). The highest BCUT2D eigenvalue weighted by Gasteiger charge is 2.26. The second-order valence-electron chi connectivity index (χ2n) is 6.82. The Balaban J connectivity index is 1.42. The molecule has 1 fully saturated rings. The minimum Gasteiger partial charge on any atom is -0.339 e. The van der Waals surface area contributed by atoms with Crippen molar-refractivity contribution in [3.8, 4) is 0 Å². The Morgan fingerprint density at radius 2 is 1.79 bits per heavy atom. The van der Waals surface area contributed by atoms with E-state index >= 15 is 0 Å². The second kappa shape index (κ2) is 7.62. The van der Waals surface area contributed by atoms with Crippen molar-refractivity contribution in [1.82, 2.24) is 14.6 Å². The summed E-state index contributed by atoms with van der Waals surface area (Å²) < 4.78 is 27.1. The molecule has 28 heavy (non-hydrogen) atoms. The topological polar surface area (TPSA) is 79.4 Å². The Kier molecular flexibility index (Phi) is 5.18. The first-order valence-corrected chi connectivity index (χ1v) is 11.5. The number of nitrogens with one attached hydrogen (secondary N) is 1. The predicted octanol–water partition coefficient (Wildman–Crippen LogP) is 3.22. The van der Waals surface area contributed by atoms with Crippen LogP contribution in [0.5, 0.6) is 0 Å². The number of benzene rings is 2. The van der Waals surface area contributed by atoms with Gasteiger partial charge in [0.15, 0.2) is 0 Å². The number of hydrogen-bond acceptors (Lipinski definition) is 5. The van der Waals surface area contributed by atoms with Crippen molar-refractivity contribution in [3.05, 3.63) is 59.1 Å². The van der Waals surface area contributed by atoms with Gasteiger partial charge in [0, 0.05) is 24.6 Å². The van der Waals surface area contributed by atoms with E-state index in [0.717, 1.165) is 23.4 Å². The van der Waals surface area contributed by atoms with Crippen molar-refractivity contribution < 1.29 is 13.2 Å². The number of hydrogen-bond donors (Lipinski definition) is 1. The van der Waals surface area contributed by atoms with E-state index in [9.17, 15) is 13.2 Å². The maximum atomic E-state index is 12.8. The van der Waals surface area contributed by atoms with E-state index in [-0.39, 0.29) is 10.8 Å². The molecule has 146 valence electrons. The fourth-order valence-electron chi connectivity index (χ4n) is 3.47. The van der Waals surface area contributed by atoms with Crippen LogP contribution in [0.3, 0.4) is 0 Å². The number of likely N-dealkylation sites (tertiary alicyclic amines) is 1. The Labute approximate surface area is 168 Å². The molecule has 1 saturated heterocycles. The molecular formula is C20H21N3O3S2. The normalized spacial score (nSPS) is 15.8. The molecule has 0 aliphatic carbocycles. The Hall–Kier alpha value is -2.29.